The molecule has 2 aromatic heterocycles. The minimum absolute atomic E-state index is 0.204. The van der Waals surface area contributed by atoms with Crippen LogP contribution >= 0.6 is 0 Å². The Kier molecular flexibility index (Phi) is 8.75. The lowest BCUT2D eigenvalue weighted by Crippen LogP contribution is -2.19. The molecular formula is C57H45N5. The van der Waals surface area contributed by atoms with Crippen molar-refractivity contribution in [2.75, 3.05) is 0 Å². The zero-order valence-electron chi connectivity index (χ0n) is 34.4. The van der Waals surface area contributed by atoms with Crippen LogP contribution in [-0.2, 0) is 6.54 Å². The van der Waals surface area contributed by atoms with Crippen molar-refractivity contribution in [1.82, 2.24) is 19.2 Å². The van der Waals surface area contributed by atoms with Crippen molar-refractivity contribution in [2.45, 2.75) is 32.0 Å². The number of hydrazine groups is 1. The van der Waals surface area contributed by atoms with Gasteiger partial charge >= 0.3 is 0 Å². The highest BCUT2D eigenvalue weighted by Crippen LogP contribution is 2.42. The summed E-state index contributed by atoms with van der Waals surface area (Å²) in [6, 6.07) is 70.0. The highest BCUT2D eigenvalue weighted by Gasteiger charge is 2.51. The molecule has 3 atom stereocenters. The quantitative estimate of drug-likeness (QED) is 0.0720. The Morgan fingerprint density at radius 2 is 1.08 bits per heavy atom. The van der Waals surface area contributed by atoms with Crippen LogP contribution in [0.4, 0.5) is 0 Å². The maximum absolute atomic E-state index is 9.52. The summed E-state index contributed by atoms with van der Waals surface area (Å²) in [5.41, 5.74) is 13.9. The lowest BCUT2D eigenvalue weighted by atomic mass is 9.94. The summed E-state index contributed by atoms with van der Waals surface area (Å²) in [5.74, 6) is 0.988. The first kappa shape index (κ1) is 36.4. The van der Waals surface area contributed by atoms with Crippen molar-refractivity contribution in [2.24, 2.45) is 5.92 Å². The predicted octanol–water partition coefficient (Wildman–Crippen LogP) is 14.0. The minimum Gasteiger partial charge on any atom is -0.309 e. The van der Waals surface area contributed by atoms with E-state index in [1.807, 2.05) is 0 Å². The van der Waals surface area contributed by atoms with Crippen LogP contribution in [0, 0.1) is 11.3 Å². The average Bonchev–Trinajstić information content (AvgIpc) is 3.81. The molecule has 0 bridgehead atoms. The van der Waals surface area contributed by atoms with E-state index in [2.05, 4.69) is 225 Å². The zero-order chi connectivity index (χ0) is 41.1. The molecule has 1 aliphatic carbocycles. The molecular weight excluding hydrogens is 755 g/mol. The Balaban J connectivity index is 0.871. The summed E-state index contributed by atoms with van der Waals surface area (Å²) >= 11 is 0. The molecule has 8 aromatic carbocycles. The van der Waals surface area contributed by atoms with Gasteiger partial charge in [-0.3, -0.25) is 10.4 Å². The molecule has 5 heteroatoms. The van der Waals surface area contributed by atoms with Crippen molar-refractivity contribution >= 4 is 49.4 Å². The van der Waals surface area contributed by atoms with Gasteiger partial charge in [0, 0.05) is 50.9 Å². The van der Waals surface area contributed by atoms with Crippen LogP contribution in [0.3, 0.4) is 0 Å². The van der Waals surface area contributed by atoms with E-state index in [1.54, 1.807) is 0 Å². The molecule has 0 radical (unpaired) electrons. The number of aromatic nitrogens is 2. The van der Waals surface area contributed by atoms with Crippen molar-refractivity contribution in [3.8, 4) is 33.6 Å². The van der Waals surface area contributed by atoms with E-state index in [0.29, 0.717) is 11.8 Å². The van der Waals surface area contributed by atoms with Crippen LogP contribution in [0.15, 0.2) is 206 Å². The van der Waals surface area contributed by atoms with Gasteiger partial charge in [0.2, 0.25) is 0 Å². The third-order valence-electron chi connectivity index (χ3n) is 13.2. The number of hydrogen-bond donors (Lipinski definition) is 1. The van der Waals surface area contributed by atoms with E-state index >= 15 is 0 Å². The summed E-state index contributed by atoms with van der Waals surface area (Å²) in [5, 5.41) is 19.1. The molecule has 2 unspecified atom stereocenters. The van der Waals surface area contributed by atoms with E-state index < -0.39 is 0 Å². The summed E-state index contributed by atoms with van der Waals surface area (Å²) in [6.07, 6.45) is 8.42. The predicted molar refractivity (Wildman–Crippen MR) is 257 cm³/mol. The van der Waals surface area contributed by atoms with Gasteiger partial charge < -0.3 is 9.13 Å². The van der Waals surface area contributed by atoms with Crippen LogP contribution < -0.4 is 0 Å². The fraction of sp³-hybridized carbons (Fsp3) is 0.105. The molecule has 1 aliphatic heterocycles. The van der Waals surface area contributed by atoms with Gasteiger partial charge in [-0.15, -0.1) is 0 Å². The fourth-order valence-corrected chi connectivity index (χ4v) is 10.1. The van der Waals surface area contributed by atoms with Gasteiger partial charge in [0.25, 0.3) is 0 Å². The monoisotopic (exact) mass is 799 g/mol. The summed E-state index contributed by atoms with van der Waals surface area (Å²) in [4.78, 5) is 0. The largest absolute Gasteiger partial charge is 0.309 e. The Bertz CT molecular complexity index is 3340. The molecule has 0 spiro atoms. The molecule has 1 saturated heterocycles. The Hall–Kier alpha value is -7.47. The van der Waals surface area contributed by atoms with E-state index in [1.165, 1.54) is 66.7 Å². The second-order valence-corrected chi connectivity index (χ2v) is 16.8. The molecule has 1 N–H and O–H groups in total. The second-order valence-electron chi connectivity index (χ2n) is 16.8. The second kappa shape index (κ2) is 14.9. The van der Waals surface area contributed by atoms with Crippen LogP contribution in [0.5, 0.6) is 0 Å². The number of allylic oxidation sites excluding steroid dienone is 1. The fourth-order valence-electron chi connectivity index (χ4n) is 10.1. The number of hydrogen-bond acceptors (Lipinski definition) is 2. The lowest BCUT2D eigenvalue weighted by Gasteiger charge is -2.15. The van der Waals surface area contributed by atoms with E-state index in [-0.39, 0.29) is 6.17 Å². The first-order chi connectivity index (χ1) is 30.7. The third-order valence-corrected chi connectivity index (χ3v) is 13.2. The summed E-state index contributed by atoms with van der Waals surface area (Å²) in [7, 11) is 0. The van der Waals surface area contributed by atoms with Gasteiger partial charge in [0.1, 0.15) is 12.0 Å². The number of nitrogens with one attached hydrogen (secondary N) is 1. The van der Waals surface area contributed by atoms with Crippen LogP contribution in [0.1, 0.15) is 30.4 Å². The highest BCUT2D eigenvalue weighted by atomic mass is 15.9. The smallest absolute Gasteiger partial charge is 0.144 e. The molecule has 12 rings (SSSR count). The van der Waals surface area contributed by atoms with E-state index in [9.17, 15) is 5.41 Å². The molecule has 0 saturated carbocycles. The summed E-state index contributed by atoms with van der Waals surface area (Å²) in [6.45, 7) is 0.804. The number of fused-ring (bicyclic) bond motifs is 6. The third kappa shape index (κ3) is 6.16. The normalized spacial score (nSPS) is 17.4. The Morgan fingerprint density at radius 1 is 0.484 bits per heavy atom. The van der Waals surface area contributed by atoms with Crippen LogP contribution in [0.25, 0.3) is 77.2 Å². The van der Waals surface area contributed by atoms with Gasteiger partial charge in [-0.1, -0.05) is 146 Å². The number of nitrogens with zero attached hydrogens (tertiary/aromatic N) is 4. The lowest BCUT2D eigenvalue weighted by molar-refractivity contribution is 0.378. The van der Waals surface area contributed by atoms with Crippen molar-refractivity contribution < 1.29 is 0 Å². The zero-order valence-corrected chi connectivity index (χ0v) is 34.4. The molecule has 298 valence electrons. The first-order valence-corrected chi connectivity index (χ1v) is 21.9. The van der Waals surface area contributed by atoms with Crippen molar-refractivity contribution in [3.05, 3.63) is 217 Å². The molecule has 3 heterocycles. The highest BCUT2D eigenvalue weighted by molar-refractivity contribution is 6.11. The Morgan fingerprint density at radius 3 is 1.84 bits per heavy atom. The van der Waals surface area contributed by atoms with Crippen molar-refractivity contribution in [1.29, 1.82) is 5.41 Å². The molecule has 5 nitrogen and oxygen atoms in total. The molecule has 1 fully saturated rings. The number of benzene rings is 8. The molecule has 0 amide bonds. The topological polar surface area (TPSA) is 39.7 Å². The van der Waals surface area contributed by atoms with Gasteiger partial charge in [0.05, 0.1) is 22.1 Å². The van der Waals surface area contributed by atoms with E-state index in [0.717, 1.165) is 47.5 Å². The van der Waals surface area contributed by atoms with Gasteiger partial charge in [-0.2, -0.15) is 5.01 Å². The maximum Gasteiger partial charge on any atom is 0.144 e. The first-order valence-electron chi connectivity index (χ1n) is 21.9. The standard InChI is InChI=1S/C57H45N5/c58-56(62-57(41-17-6-2-7-18-41)59(62)38-39-15-4-1-5-16-39)45-20-14-19-42(35-45)43-30-34-54-51(36-43)49-24-11-13-26-53(49)60(54)47-31-27-40(28-32-47)44-29-33-50-48-23-10-12-25-52(48)61(55(50)37-44)46-21-8-3-9-22-46/h1,3-6,8-17,19-37,41,57-58H,2,7,18,38H2/t41?,57?,59-,62?/m0/s1. The number of para-hydroxylation sites is 3. The number of amidine groups is 1. The summed E-state index contributed by atoms with van der Waals surface area (Å²) < 4.78 is 4.77. The van der Waals surface area contributed by atoms with E-state index in [4.69, 9.17) is 0 Å². The van der Waals surface area contributed by atoms with Gasteiger partial charge in [-0.25, -0.2) is 0 Å². The minimum atomic E-state index is 0.204. The SMILES string of the molecule is N=C(c1cccc(-c2ccc3c(c2)c2ccccc2n3-c2ccc(-c3ccc4c5ccccc5n(-c5ccccc5)c4c3)cc2)c1)N1C(C2C=CCCC2)[N@]1Cc1ccccc1. The van der Waals surface area contributed by atoms with Crippen molar-refractivity contribution in [3.63, 3.8) is 0 Å². The van der Waals surface area contributed by atoms with Crippen LogP contribution in [-0.4, -0.2) is 31.2 Å². The Labute approximate surface area is 361 Å². The van der Waals surface area contributed by atoms with Gasteiger partial charge in [-0.05, 0) is 108 Å². The molecule has 2 aliphatic rings. The molecule has 62 heavy (non-hydrogen) atoms. The van der Waals surface area contributed by atoms with Crippen LogP contribution in [0.2, 0.25) is 0 Å². The average molecular weight is 800 g/mol. The van der Waals surface area contributed by atoms with Gasteiger partial charge in [0.15, 0.2) is 0 Å². The number of rotatable bonds is 8. The molecule has 10 aromatic rings. The maximum atomic E-state index is 9.52.